The van der Waals surface area contributed by atoms with Crippen LogP contribution in [0.5, 0.6) is 0 Å². The molecule has 0 aliphatic rings. The molecule has 0 aliphatic carbocycles. The molecule has 0 radical (unpaired) electrons. The highest BCUT2D eigenvalue weighted by Gasteiger charge is 1.88. The van der Waals surface area contributed by atoms with Crippen LogP contribution in [0.15, 0.2) is 0 Å². The number of hydrogen-bond acceptors (Lipinski definition) is 3. The van der Waals surface area contributed by atoms with E-state index >= 15 is 0 Å². The fourth-order valence-electron chi connectivity index (χ4n) is 0.815. The second-order valence-corrected chi connectivity index (χ2v) is 2.72. The molecule has 0 aromatic rings. The van der Waals surface area contributed by atoms with E-state index in [0.717, 1.165) is 45.6 Å². The van der Waals surface area contributed by atoms with E-state index in [2.05, 4.69) is 6.92 Å². The Bertz CT molecular complexity index is 68.9. The Morgan fingerprint density at radius 1 is 0.917 bits per heavy atom. The van der Waals surface area contributed by atoms with Crippen molar-refractivity contribution in [3.8, 4) is 0 Å². The van der Waals surface area contributed by atoms with Crippen LogP contribution in [0.25, 0.3) is 0 Å². The van der Waals surface area contributed by atoms with Crippen molar-refractivity contribution in [2.45, 2.75) is 26.2 Å². The molecule has 0 rings (SSSR count). The van der Waals surface area contributed by atoms with Gasteiger partial charge in [-0.3, -0.25) is 0 Å². The van der Waals surface area contributed by atoms with Crippen LogP contribution in [0.1, 0.15) is 26.2 Å². The van der Waals surface area contributed by atoms with Crippen molar-refractivity contribution in [1.82, 2.24) is 0 Å². The summed E-state index contributed by atoms with van der Waals surface area (Å²) in [6.45, 7) is 5.94. The monoisotopic (exact) mass is 175 g/mol. The first-order chi connectivity index (χ1) is 5.91. The van der Waals surface area contributed by atoms with Gasteiger partial charge in [-0.2, -0.15) is 0 Å². The number of rotatable bonds is 9. The predicted molar refractivity (Wildman–Crippen MR) is 50.2 cm³/mol. The van der Waals surface area contributed by atoms with Crippen molar-refractivity contribution in [3.63, 3.8) is 0 Å². The molecule has 0 aromatic heterocycles. The lowest BCUT2D eigenvalue weighted by atomic mass is 10.3. The summed E-state index contributed by atoms with van der Waals surface area (Å²) in [7, 11) is 0. The molecule has 0 amide bonds. The van der Waals surface area contributed by atoms with Gasteiger partial charge < -0.3 is 15.2 Å². The average molecular weight is 175 g/mol. The van der Waals surface area contributed by atoms with Crippen LogP contribution in [-0.4, -0.2) is 33.0 Å². The zero-order valence-electron chi connectivity index (χ0n) is 8.05. The molecule has 0 saturated carbocycles. The first-order valence-electron chi connectivity index (χ1n) is 4.77. The number of nitrogens with two attached hydrogens (primary N) is 1. The van der Waals surface area contributed by atoms with Gasteiger partial charge in [-0.15, -0.1) is 0 Å². The highest BCUT2D eigenvalue weighted by atomic mass is 16.5. The second kappa shape index (κ2) is 10.9. The van der Waals surface area contributed by atoms with Crippen LogP contribution in [0.4, 0.5) is 0 Å². The molecule has 0 fully saturated rings. The van der Waals surface area contributed by atoms with Crippen LogP contribution in [0, 0.1) is 0 Å². The smallest absolute Gasteiger partial charge is 0.0700 e. The van der Waals surface area contributed by atoms with E-state index in [1.165, 1.54) is 0 Å². The van der Waals surface area contributed by atoms with Gasteiger partial charge >= 0.3 is 0 Å². The SMILES string of the molecule is CCCOCCOCCCCN. The maximum absolute atomic E-state index is 5.33. The van der Waals surface area contributed by atoms with Crippen LogP contribution in [0.3, 0.4) is 0 Å². The average Bonchev–Trinajstić information content (AvgIpc) is 2.10. The lowest BCUT2D eigenvalue weighted by Gasteiger charge is -2.03. The van der Waals surface area contributed by atoms with Crippen LogP contribution >= 0.6 is 0 Å². The Labute approximate surface area is 75.2 Å². The van der Waals surface area contributed by atoms with E-state index < -0.39 is 0 Å². The normalized spacial score (nSPS) is 10.5. The summed E-state index contributed by atoms with van der Waals surface area (Å²) in [5, 5.41) is 0. The Hall–Kier alpha value is -0.120. The van der Waals surface area contributed by atoms with E-state index in [9.17, 15) is 0 Å². The first-order valence-corrected chi connectivity index (χ1v) is 4.77. The van der Waals surface area contributed by atoms with Gasteiger partial charge in [0.05, 0.1) is 13.2 Å². The van der Waals surface area contributed by atoms with E-state index in [0.29, 0.717) is 6.61 Å². The van der Waals surface area contributed by atoms with Gasteiger partial charge in [-0.05, 0) is 25.8 Å². The quantitative estimate of drug-likeness (QED) is 0.535. The minimum atomic E-state index is 0.713. The summed E-state index contributed by atoms with van der Waals surface area (Å²) in [5.41, 5.74) is 5.33. The molecule has 0 heterocycles. The third-order valence-corrected chi connectivity index (χ3v) is 1.46. The Morgan fingerprint density at radius 2 is 1.58 bits per heavy atom. The topological polar surface area (TPSA) is 44.5 Å². The van der Waals surface area contributed by atoms with Crippen molar-refractivity contribution < 1.29 is 9.47 Å². The maximum atomic E-state index is 5.33. The predicted octanol–water partition coefficient (Wildman–Crippen LogP) is 1.17. The van der Waals surface area contributed by atoms with Gasteiger partial charge in [-0.1, -0.05) is 6.92 Å². The summed E-state index contributed by atoms with van der Waals surface area (Å²) < 4.78 is 10.5. The zero-order chi connectivity index (χ0) is 9.07. The lowest BCUT2D eigenvalue weighted by molar-refractivity contribution is 0.0468. The Morgan fingerprint density at radius 3 is 2.17 bits per heavy atom. The maximum Gasteiger partial charge on any atom is 0.0700 e. The van der Waals surface area contributed by atoms with Crippen molar-refractivity contribution in [3.05, 3.63) is 0 Å². The second-order valence-electron chi connectivity index (χ2n) is 2.72. The molecule has 0 saturated heterocycles. The minimum Gasteiger partial charge on any atom is -0.379 e. The molecule has 0 aromatic carbocycles. The number of ether oxygens (including phenoxy) is 2. The molecule has 0 unspecified atom stereocenters. The van der Waals surface area contributed by atoms with Gasteiger partial charge in [0.1, 0.15) is 0 Å². The van der Waals surface area contributed by atoms with Gasteiger partial charge in [0.2, 0.25) is 0 Å². The van der Waals surface area contributed by atoms with Crippen LogP contribution in [-0.2, 0) is 9.47 Å². The third kappa shape index (κ3) is 9.88. The molecule has 0 atom stereocenters. The summed E-state index contributed by atoms with van der Waals surface area (Å²) in [6, 6.07) is 0. The van der Waals surface area contributed by atoms with E-state index in [1.54, 1.807) is 0 Å². The highest BCUT2D eigenvalue weighted by molar-refractivity contribution is 4.39. The van der Waals surface area contributed by atoms with E-state index in [1.807, 2.05) is 0 Å². The molecule has 74 valence electrons. The van der Waals surface area contributed by atoms with Crippen LogP contribution in [0.2, 0.25) is 0 Å². The van der Waals surface area contributed by atoms with E-state index in [-0.39, 0.29) is 0 Å². The summed E-state index contributed by atoms with van der Waals surface area (Å²) in [5.74, 6) is 0. The van der Waals surface area contributed by atoms with Crippen molar-refractivity contribution in [2.75, 3.05) is 33.0 Å². The van der Waals surface area contributed by atoms with Crippen LogP contribution < -0.4 is 5.73 Å². The molecule has 0 bridgehead atoms. The van der Waals surface area contributed by atoms with Crippen molar-refractivity contribution >= 4 is 0 Å². The van der Waals surface area contributed by atoms with E-state index in [4.69, 9.17) is 15.2 Å². The molecule has 0 aliphatic heterocycles. The molecular formula is C9H21NO2. The molecule has 3 nitrogen and oxygen atoms in total. The van der Waals surface area contributed by atoms with Crippen molar-refractivity contribution in [1.29, 1.82) is 0 Å². The van der Waals surface area contributed by atoms with Gasteiger partial charge in [0, 0.05) is 13.2 Å². The highest BCUT2D eigenvalue weighted by Crippen LogP contribution is 1.88. The Balaban J connectivity index is 2.73. The fraction of sp³-hybridized carbons (Fsp3) is 1.00. The Kier molecular flexibility index (Phi) is 10.8. The lowest BCUT2D eigenvalue weighted by Crippen LogP contribution is -2.07. The largest absolute Gasteiger partial charge is 0.379 e. The third-order valence-electron chi connectivity index (χ3n) is 1.46. The standard InChI is InChI=1S/C9H21NO2/c1-2-6-11-8-9-12-7-4-3-5-10/h2-10H2,1H3. The van der Waals surface area contributed by atoms with Gasteiger partial charge in [0.25, 0.3) is 0 Å². The summed E-state index contributed by atoms with van der Waals surface area (Å²) in [4.78, 5) is 0. The molecular weight excluding hydrogens is 154 g/mol. The molecule has 2 N–H and O–H groups in total. The summed E-state index contributed by atoms with van der Waals surface area (Å²) in [6.07, 6.45) is 3.19. The molecule has 3 heteroatoms. The minimum absolute atomic E-state index is 0.713. The molecule has 0 spiro atoms. The zero-order valence-corrected chi connectivity index (χ0v) is 8.05. The van der Waals surface area contributed by atoms with Crippen molar-refractivity contribution in [2.24, 2.45) is 5.73 Å². The molecule has 12 heavy (non-hydrogen) atoms. The number of hydrogen-bond donors (Lipinski definition) is 1. The number of unbranched alkanes of at least 4 members (excludes halogenated alkanes) is 1. The first kappa shape index (κ1) is 11.9. The summed E-state index contributed by atoms with van der Waals surface area (Å²) >= 11 is 0. The van der Waals surface area contributed by atoms with Gasteiger partial charge in [0.15, 0.2) is 0 Å². The van der Waals surface area contributed by atoms with Gasteiger partial charge in [-0.25, -0.2) is 0 Å². The fourth-order valence-corrected chi connectivity index (χ4v) is 0.815.